The van der Waals surface area contributed by atoms with Gasteiger partial charge in [0.2, 0.25) is 0 Å². The van der Waals surface area contributed by atoms with Crippen LogP contribution in [0.3, 0.4) is 0 Å². The molecule has 0 saturated carbocycles. The Labute approximate surface area is 126 Å². The van der Waals surface area contributed by atoms with Gasteiger partial charge in [-0.15, -0.1) is 0 Å². The van der Waals surface area contributed by atoms with Gasteiger partial charge in [-0.25, -0.2) is 5.84 Å². The summed E-state index contributed by atoms with van der Waals surface area (Å²) in [6, 6.07) is 7.54. The van der Waals surface area contributed by atoms with E-state index in [4.69, 9.17) is 10.6 Å². The zero-order valence-electron chi connectivity index (χ0n) is 13.3. The number of nitrogens with two attached hydrogens (primary N) is 1. The van der Waals surface area contributed by atoms with Crippen LogP contribution in [0.15, 0.2) is 24.3 Å². The molecule has 2 rings (SSSR count). The Morgan fingerprint density at radius 1 is 1.19 bits per heavy atom. The van der Waals surface area contributed by atoms with Gasteiger partial charge >= 0.3 is 0 Å². The lowest BCUT2D eigenvalue weighted by atomic mass is 9.98. The maximum absolute atomic E-state index is 11.4. The molecule has 5 heteroatoms. The van der Waals surface area contributed by atoms with Crippen LogP contribution < -0.4 is 11.3 Å². The molecular weight excluding hydrogens is 266 g/mol. The summed E-state index contributed by atoms with van der Waals surface area (Å²) in [6.07, 6.45) is 0. The summed E-state index contributed by atoms with van der Waals surface area (Å²) in [6.45, 7) is 11.1. The fraction of sp³-hybridized carbons (Fsp3) is 0.562. The molecule has 1 heterocycles. The van der Waals surface area contributed by atoms with Gasteiger partial charge in [0.15, 0.2) is 0 Å². The number of hydrogen-bond donors (Lipinski definition) is 2. The summed E-state index contributed by atoms with van der Waals surface area (Å²) >= 11 is 0. The summed E-state index contributed by atoms with van der Waals surface area (Å²) in [5, 5.41) is 0. The van der Waals surface area contributed by atoms with Gasteiger partial charge in [0, 0.05) is 25.2 Å². The molecule has 0 bridgehead atoms. The number of benzene rings is 1. The number of carbonyl (C=O) groups excluding carboxylic acids is 1. The zero-order valence-corrected chi connectivity index (χ0v) is 13.3. The van der Waals surface area contributed by atoms with Gasteiger partial charge in [-0.05, 0) is 45.4 Å². The highest BCUT2D eigenvalue weighted by atomic mass is 16.5. The first-order valence-electron chi connectivity index (χ1n) is 7.23. The van der Waals surface area contributed by atoms with Gasteiger partial charge in [-0.1, -0.05) is 12.1 Å². The van der Waals surface area contributed by atoms with Crippen molar-refractivity contribution < 1.29 is 9.53 Å². The van der Waals surface area contributed by atoms with E-state index in [2.05, 4.69) is 38.0 Å². The third kappa shape index (κ3) is 4.27. The van der Waals surface area contributed by atoms with Gasteiger partial charge in [0.25, 0.3) is 5.91 Å². The van der Waals surface area contributed by atoms with E-state index in [-0.39, 0.29) is 17.1 Å². The van der Waals surface area contributed by atoms with Crippen molar-refractivity contribution in [2.75, 3.05) is 13.1 Å². The van der Waals surface area contributed by atoms with Gasteiger partial charge in [-0.2, -0.15) is 0 Å². The Kier molecular flexibility index (Phi) is 4.37. The van der Waals surface area contributed by atoms with Crippen LogP contribution in [-0.2, 0) is 11.3 Å². The fourth-order valence-electron chi connectivity index (χ4n) is 3.16. The SMILES string of the molecule is CC1(C)CN(Cc2ccc(C(=O)NN)cc2)CC(C)(C)O1. The van der Waals surface area contributed by atoms with Crippen molar-refractivity contribution in [1.82, 2.24) is 10.3 Å². The van der Waals surface area contributed by atoms with E-state index < -0.39 is 0 Å². The standard InChI is InChI=1S/C16H25N3O2/c1-15(2)10-19(11-16(3,4)21-15)9-12-5-7-13(8-6-12)14(20)18-17/h5-8H,9-11,17H2,1-4H3,(H,18,20). The molecule has 1 fully saturated rings. The minimum atomic E-state index is -0.268. The maximum Gasteiger partial charge on any atom is 0.265 e. The number of morpholine rings is 1. The summed E-state index contributed by atoms with van der Waals surface area (Å²) in [5.41, 5.74) is 3.59. The van der Waals surface area contributed by atoms with Crippen LogP contribution in [0.4, 0.5) is 0 Å². The molecule has 1 aromatic rings. The number of nitrogens with zero attached hydrogens (tertiary/aromatic N) is 1. The van der Waals surface area contributed by atoms with Crippen molar-refractivity contribution in [3.05, 3.63) is 35.4 Å². The second-order valence-electron chi connectivity index (χ2n) is 6.94. The van der Waals surface area contributed by atoms with Crippen molar-refractivity contribution in [2.45, 2.75) is 45.4 Å². The zero-order chi connectivity index (χ0) is 15.7. The molecule has 1 aromatic carbocycles. The molecule has 1 aliphatic heterocycles. The normalized spacial score (nSPS) is 21.0. The topological polar surface area (TPSA) is 67.6 Å². The van der Waals surface area contributed by atoms with Crippen molar-refractivity contribution in [2.24, 2.45) is 5.84 Å². The number of nitrogen functional groups attached to an aromatic ring is 1. The second kappa shape index (κ2) is 5.75. The molecule has 0 spiro atoms. The highest BCUT2D eigenvalue weighted by Gasteiger charge is 2.37. The average Bonchev–Trinajstić information content (AvgIpc) is 2.35. The Hall–Kier alpha value is -1.43. The van der Waals surface area contributed by atoms with Gasteiger partial charge in [-0.3, -0.25) is 15.1 Å². The van der Waals surface area contributed by atoms with E-state index in [1.54, 1.807) is 12.1 Å². The van der Waals surface area contributed by atoms with E-state index in [0.29, 0.717) is 5.56 Å². The van der Waals surface area contributed by atoms with Gasteiger partial charge in [0.1, 0.15) is 0 Å². The van der Waals surface area contributed by atoms with E-state index in [0.717, 1.165) is 19.6 Å². The summed E-state index contributed by atoms with van der Waals surface area (Å²) < 4.78 is 6.09. The quantitative estimate of drug-likeness (QED) is 0.505. The number of nitrogens with one attached hydrogen (secondary N) is 1. The van der Waals surface area contributed by atoms with Crippen molar-refractivity contribution in [3.8, 4) is 0 Å². The Balaban J connectivity index is 2.06. The molecule has 1 saturated heterocycles. The molecule has 0 atom stereocenters. The Bertz CT molecular complexity index is 493. The van der Waals surface area contributed by atoms with E-state index >= 15 is 0 Å². The van der Waals surface area contributed by atoms with Crippen LogP contribution in [-0.4, -0.2) is 35.1 Å². The molecule has 116 valence electrons. The molecule has 0 aliphatic carbocycles. The molecular formula is C16H25N3O2. The predicted molar refractivity (Wildman–Crippen MR) is 82.6 cm³/mol. The number of hydrogen-bond acceptors (Lipinski definition) is 4. The summed E-state index contributed by atoms with van der Waals surface area (Å²) in [5.74, 6) is 4.86. The average molecular weight is 291 g/mol. The molecule has 3 N–H and O–H groups in total. The number of amides is 1. The van der Waals surface area contributed by atoms with Crippen LogP contribution in [0.5, 0.6) is 0 Å². The first-order valence-corrected chi connectivity index (χ1v) is 7.23. The first kappa shape index (κ1) is 15.9. The molecule has 5 nitrogen and oxygen atoms in total. The third-order valence-electron chi connectivity index (χ3n) is 3.51. The number of hydrazine groups is 1. The van der Waals surface area contributed by atoms with Crippen LogP contribution in [0.2, 0.25) is 0 Å². The van der Waals surface area contributed by atoms with Crippen LogP contribution >= 0.6 is 0 Å². The number of carbonyl (C=O) groups is 1. The van der Waals surface area contributed by atoms with Gasteiger partial charge in [0.05, 0.1) is 11.2 Å². The van der Waals surface area contributed by atoms with Crippen molar-refractivity contribution >= 4 is 5.91 Å². The molecule has 0 radical (unpaired) electrons. The van der Waals surface area contributed by atoms with Crippen LogP contribution in [0.1, 0.15) is 43.6 Å². The second-order valence-corrected chi connectivity index (χ2v) is 6.94. The fourth-order valence-corrected chi connectivity index (χ4v) is 3.16. The highest BCUT2D eigenvalue weighted by molar-refractivity contribution is 5.93. The molecule has 1 aliphatic rings. The smallest absolute Gasteiger partial charge is 0.265 e. The maximum atomic E-state index is 11.4. The molecule has 0 unspecified atom stereocenters. The van der Waals surface area contributed by atoms with Crippen molar-refractivity contribution in [3.63, 3.8) is 0 Å². The molecule has 1 amide bonds. The predicted octanol–water partition coefficient (Wildman–Crippen LogP) is 1.68. The Morgan fingerprint density at radius 2 is 1.71 bits per heavy atom. The van der Waals surface area contributed by atoms with E-state index in [1.165, 1.54) is 5.56 Å². The van der Waals surface area contributed by atoms with Gasteiger partial charge < -0.3 is 4.74 Å². The number of ether oxygens (including phenoxy) is 1. The molecule has 21 heavy (non-hydrogen) atoms. The Morgan fingerprint density at radius 3 is 2.19 bits per heavy atom. The van der Waals surface area contributed by atoms with Crippen molar-refractivity contribution in [1.29, 1.82) is 0 Å². The minimum Gasteiger partial charge on any atom is -0.367 e. The summed E-state index contributed by atoms with van der Waals surface area (Å²) in [4.78, 5) is 13.8. The monoisotopic (exact) mass is 291 g/mol. The third-order valence-corrected chi connectivity index (χ3v) is 3.51. The van der Waals surface area contributed by atoms with Crippen LogP contribution in [0.25, 0.3) is 0 Å². The lowest BCUT2D eigenvalue weighted by molar-refractivity contribution is -0.182. The highest BCUT2D eigenvalue weighted by Crippen LogP contribution is 2.28. The number of rotatable bonds is 3. The van der Waals surface area contributed by atoms with Crippen LogP contribution in [0, 0.1) is 0 Å². The lowest BCUT2D eigenvalue weighted by Crippen LogP contribution is -2.56. The molecule has 0 aromatic heterocycles. The lowest BCUT2D eigenvalue weighted by Gasteiger charge is -2.47. The van der Waals surface area contributed by atoms with E-state index in [9.17, 15) is 4.79 Å². The summed E-state index contributed by atoms with van der Waals surface area (Å²) in [7, 11) is 0. The van der Waals surface area contributed by atoms with E-state index in [1.807, 2.05) is 12.1 Å². The largest absolute Gasteiger partial charge is 0.367 e. The first-order chi connectivity index (χ1) is 9.71. The minimum absolute atomic E-state index is 0.152.